The first-order chi connectivity index (χ1) is 16.3. The second-order valence-corrected chi connectivity index (χ2v) is 8.66. The fraction of sp³-hybridized carbons (Fsp3) is 0.143. The Labute approximate surface area is 200 Å². The van der Waals surface area contributed by atoms with E-state index >= 15 is 0 Å². The molecular weight excluding hydrogens is 447 g/mol. The summed E-state index contributed by atoms with van der Waals surface area (Å²) in [6.45, 7) is 4.39. The molecular formula is C28H29O5P. The lowest BCUT2D eigenvalue weighted by Crippen LogP contribution is -1.97. The summed E-state index contributed by atoms with van der Waals surface area (Å²) in [6, 6.07) is 33.8. The Morgan fingerprint density at radius 3 is 1.26 bits per heavy atom. The second-order valence-electron chi connectivity index (χ2n) is 7.64. The average molecular weight is 477 g/mol. The molecule has 4 aromatic carbocycles. The van der Waals surface area contributed by atoms with Gasteiger partial charge in [0.05, 0.1) is 0 Å². The molecule has 0 spiro atoms. The number of ether oxygens (including phenoxy) is 1. The summed E-state index contributed by atoms with van der Waals surface area (Å²) in [5, 5.41) is 0. The molecule has 0 amide bonds. The number of hydrogen-bond donors (Lipinski definition) is 3. The van der Waals surface area contributed by atoms with Crippen LogP contribution >= 0.6 is 7.82 Å². The Morgan fingerprint density at radius 1 is 0.588 bits per heavy atom. The number of phosphoric acid groups is 1. The van der Waals surface area contributed by atoms with Crippen LogP contribution in [0.15, 0.2) is 97.1 Å². The molecule has 0 aliphatic heterocycles. The van der Waals surface area contributed by atoms with Gasteiger partial charge >= 0.3 is 7.82 Å². The maximum absolute atomic E-state index is 8.88. The van der Waals surface area contributed by atoms with E-state index in [2.05, 4.69) is 111 Å². The van der Waals surface area contributed by atoms with Crippen molar-refractivity contribution in [2.24, 2.45) is 0 Å². The third kappa shape index (κ3) is 6.89. The highest BCUT2D eigenvalue weighted by molar-refractivity contribution is 7.45. The Bertz CT molecular complexity index is 1150. The summed E-state index contributed by atoms with van der Waals surface area (Å²) in [5.41, 5.74) is 7.32. The smallest absolute Gasteiger partial charge is 0.456 e. The highest BCUT2D eigenvalue weighted by atomic mass is 31.2. The van der Waals surface area contributed by atoms with Crippen molar-refractivity contribution in [1.82, 2.24) is 0 Å². The van der Waals surface area contributed by atoms with Crippen LogP contribution in [0.2, 0.25) is 0 Å². The van der Waals surface area contributed by atoms with Gasteiger partial charge in [-0.3, -0.25) is 0 Å². The summed E-state index contributed by atoms with van der Waals surface area (Å²) >= 11 is 0. The second kappa shape index (κ2) is 11.8. The van der Waals surface area contributed by atoms with E-state index in [9.17, 15) is 0 Å². The van der Waals surface area contributed by atoms with Crippen LogP contribution < -0.4 is 4.74 Å². The lowest BCUT2D eigenvalue weighted by molar-refractivity contribution is 0.275. The highest BCUT2D eigenvalue weighted by Gasteiger charge is 2.16. The SMILES string of the molecule is CCc1cccc(Oc2cccc(CC)c2-c2ccccc2)c1-c1ccccc1.O=P(O)(O)O. The molecule has 4 aromatic rings. The van der Waals surface area contributed by atoms with Crippen LogP contribution in [0.25, 0.3) is 22.3 Å². The fourth-order valence-electron chi connectivity index (χ4n) is 3.90. The first-order valence-electron chi connectivity index (χ1n) is 11.1. The van der Waals surface area contributed by atoms with Gasteiger partial charge in [0.25, 0.3) is 0 Å². The van der Waals surface area contributed by atoms with E-state index in [4.69, 9.17) is 24.0 Å². The third-order valence-electron chi connectivity index (χ3n) is 5.33. The molecule has 6 heteroatoms. The van der Waals surface area contributed by atoms with Gasteiger partial charge in [0.2, 0.25) is 0 Å². The minimum Gasteiger partial charge on any atom is -0.456 e. The first kappa shape index (κ1) is 25.4. The standard InChI is InChI=1S/C28H26O.H3O4P/c1-3-21-17-11-19-25(27(21)23-13-7-5-8-14-23)29-26-20-12-18-22(4-2)28(26)24-15-9-6-10-16-24;1-5(2,3)4/h5-20H,3-4H2,1-2H3;(H3,1,2,3,4). The lowest BCUT2D eigenvalue weighted by Gasteiger charge is -2.19. The number of hydrogen-bond acceptors (Lipinski definition) is 2. The number of rotatable bonds is 6. The maximum atomic E-state index is 8.88. The Morgan fingerprint density at radius 2 is 0.941 bits per heavy atom. The van der Waals surface area contributed by atoms with Crippen LogP contribution in [0, 0.1) is 0 Å². The van der Waals surface area contributed by atoms with Gasteiger partial charge in [-0.05, 0) is 47.2 Å². The van der Waals surface area contributed by atoms with Gasteiger partial charge in [0, 0.05) is 11.1 Å². The van der Waals surface area contributed by atoms with Crippen LogP contribution in [0.1, 0.15) is 25.0 Å². The van der Waals surface area contributed by atoms with E-state index in [0.29, 0.717) is 0 Å². The van der Waals surface area contributed by atoms with Crippen molar-refractivity contribution in [3.63, 3.8) is 0 Å². The molecule has 4 rings (SSSR count). The zero-order chi connectivity index (χ0) is 24.6. The Balaban J connectivity index is 0.000000588. The molecule has 0 bridgehead atoms. The average Bonchev–Trinajstić information content (AvgIpc) is 2.83. The van der Waals surface area contributed by atoms with E-state index < -0.39 is 7.82 Å². The molecule has 0 heterocycles. The molecule has 0 saturated heterocycles. The predicted octanol–water partition coefficient (Wildman–Crippen LogP) is 7.01. The topological polar surface area (TPSA) is 87.0 Å². The molecule has 0 aliphatic rings. The largest absolute Gasteiger partial charge is 0.466 e. The first-order valence-corrected chi connectivity index (χ1v) is 12.7. The highest BCUT2D eigenvalue weighted by Crippen LogP contribution is 2.41. The van der Waals surface area contributed by atoms with E-state index in [1.54, 1.807) is 0 Å². The van der Waals surface area contributed by atoms with Crippen LogP contribution in [0.3, 0.4) is 0 Å². The summed E-state index contributed by atoms with van der Waals surface area (Å²) < 4.78 is 15.5. The third-order valence-corrected chi connectivity index (χ3v) is 5.33. The van der Waals surface area contributed by atoms with E-state index in [0.717, 1.165) is 24.3 Å². The van der Waals surface area contributed by atoms with Gasteiger partial charge in [0.15, 0.2) is 0 Å². The van der Waals surface area contributed by atoms with Crippen molar-refractivity contribution in [3.05, 3.63) is 108 Å². The molecule has 0 atom stereocenters. The van der Waals surface area contributed by atoms with E-state index in [1.807, 2.05) is 0 Å². The van der Waals surface area contributed by atoms with Gasteiger partial charge in [0.1, 0.15) is 11.5 Å². The van der Waals surface area contributed by atoms with Gasteiger partial charge in [-0.15, -0.1) is 0 Å². The zero-order valence-corrected chi connectivity index (χ0v) is 20.2. The van der Waals surface area contributed by atoms with Crippen LogP contribution in [0.5, 0.6) is 11.5 Å². The van der Waals surface area contributed by atoms with Crippen molar-refractivity contribution in [2.45, 2.75) is 26.7 Å². The van der Waals surface area contributed by atoms with Crippen LogP contribution in [-0.4, -0.2) is 14.7 Å². The van der Waals surface area contributed by atoms with Crippen molar-refractivity contribution in [1.29, 1.82) is 0 Å². The molecule has 0 saturated carbocycles. The van der Waals surface area contributed by atoms with Crippen molar-refractivity contribution in [3.8, 4) is 33.8 Å². The normalized spacial score (nSPS) is 10.9. The number of benzene rings is 4. The molecule has 0 aromatic heterocycles. The zero-order valence-electron chi connectivity index (χ0n) is 19.3. The van der Waals surface area contributed by atoms with Gasteiger partial charge in [-0.2, -0.15) is 0 Å². The van der Waals surface area contributed by atoms with E-state index in [1.165, 1.54) is 33.4 Å². The quantitative estimate of drug-likeness (QED) is 0.261. The predicted molar refractivity (Wildman–Crippen MR) is 137 cm³/mol. The number of aryl methyl sites for hydroxylation is 2. The minimum absolute atomic E-state index is 0.904. The molecule has 3 N–H and O–H groups in total. The monoisotopic (exact) mass is 476 g/mol. The van der Waals surface area contributed by atoms with Crippen molar-refractivity contribution < 1.29 is 24.0 Å². The van der Waals surface area contributed by atoms with Gasteiger partial charge in [-0.25, -0.2) is 4.57 Å². The summed E-state index contributed by atoms with van der Waals surface area (Å²) in [4.78, 5) is 21.6. The Kier molecular flexibility index (Phi) is 8.80. The molecule has 0 fully saturated rings. The summed E-state index contributed by atoms with van der Waals surface area (Å²) in [6.07, 6.45) is 1.92. The summed E-state index contributed by atoms with van der Waals surface area (Å²) in [5.74, 6) is 1.81. The van der Waals surface area contributed by atoms with Crippen LogP contribution in [0.4, 0.5) is 0 Å². The lowest BCUT2D eigenvalue weighted by atomic mass is 9.96. The fourth-order valence-corrected chi connectivity index (χ4v) is 3.90. The molecule has 5 nitrogen and oxygen atoms in total. The minimum atomic E-state index is -4.64. The van der Waals surface area contributed by atoms with Crippen LogP contribution in [-0.2, 0) is 17.4 Å². The molecule has 0 unspecified atom stereocenters. The summed E-state index contributed by atoms with van der Waals surface area (Å²) in [7, 11) is -4.64. The van der Waals surface area contributed by atoms with Crippen molar-refractivity contribution in [2.75, 3.05) is 0 Å². The molecule has 176 valence electrons. The van der Waals surface area contributed by atoms with Crippen molar-refractivity contribution >= 4 is 7.82 Å². The van der Waals surface area contributed by atoms with Gasteiger partial charge < -0.3 is 19.4 Å². The van der Waals surface area contributed by atoms with Gasteiger partial charge in [-0.1, -0.05) is 98.8 Å². The molecule has 0 aliphatic carbocycles. The molecule has 34 heavy (non-hydrogen) atoms. The molecule has 0 radical (unpaired) electrons. The van der Waals surface area contributed by atoms with E-state index in [-0.39, 0.29) is 0 Å². The maximum Gasteiger partial charge on any atom is 0.466 e. The Hall–Kier alpha value is -3.21.